The topological polar surface area (TPSA) is 451 Å². The minimum Gasteiger partial charge on any atom is -0.463 e. The summed E-state index contributed by atoms with van der Waals surface area (Å²) in [4.78, 5) is 56.9. The van der Waals surface area contributed by atoms with Crippen LogP contribution < -0.4 is 0 Å². The lowest BCUT2D eigenvalue weighted by atomic mass is 9.33. The third-order valence-corrected chi connectivity index (χ3v) is 27.7. The average molecular weight is 1560 g/mol. The van der Waals surface area contributed by atoms with Crippen molar-refractivity contribution in [2.24, 2.45) is 50.2 Å². The molecule has 624 valence electrons. The molecule has 0 aromatic rings. The minimum atomic E-state index is -2.31. The molecule has 12 aliphatic heterocycles. The first kappa shape index (κ1) is 86.6. The van der Waals surface area contributed by atoms with E-state index in [0.29, 0.717) is 57.8 Å². The largest absolute Gasteiger partial charge is 0.463 e. The second-order valence-corrected chi connectivity index (χ2v) is 36.0. The van der Waals surface area contributed by atoms with Gasteiger partial charge in [-0.05, 0) is 117 Å². The van der Waals surface area contributed by atoms with Gasteiger partial charge in [0.05, 0.1) is 68.6 Å². The number of hydrogen-bond donors (Lipinski definition) is 13. The third kappa shape index (κ3) is 17.9. The first-order valence-corrected chi connectivity index (χ1v) is 40.5. The Balaban J connectivity index is 0.886. The molecule has 13 N–H and O–H groups in total. The number of allylic oxidation sites excluding steroid dienone is 2. The molecule has 4 saturated carbocycles. The van der Waals surface area contributed by atoms with Crippen LogP contribution in [-0.2, 0) is 80.8 Å². The molecule has 17 rings (SSSR count). The van der Waals surface area contributed by atoms with Crippen LogP contribution in [0.4, 0.5) is 0 Å². The van der Waals surface area contributed by atoms with Crippen LogP contribution >= 0.6 is 0 Å². The molecule has 1 spiro atoms. The predicted molar refractivity (Wildman–Crippen MR) is 381 cm³/mol. The summed E-state index contributed by atoms with van der Waals surface area (Å²) in [5.74, 6) is -4.53. The zero-order chi connectivity index (χ0) is 79.1. The van der Waals surface area contributed by atoms with Crippen molar-refractivity contribution in [2.45, 2.75) is 376 Å². The predicted octanol–water partition coefficient (Wildman–Crippen LogP) is 3.36. The molecule has 17 aliphatic rings. The SMILES string of the molecule is CCCCCCCCCCCCCCCC(=O)OC[C@H]1O[C@H]2O[C@H]3[C@@H](O)C[C@@]4(C)[C@@H](CC[C@]5(C)[C@@H]4CC=C4[C@@H]6CC(C)(C)CC[C@@]6(CC[C@]45C)C(=O)O[C@@H]4OC[C@H](O)[C@H](O)[C@H]4O[C@@H]4O[C@@H](C)[C@H](OC(=O)C[C@@](C)(O)CC(=O)O[C@H]5CO[C@@H](O[C@@H]2[C@@H](O)[C@@H]1O)[C@H](O)[C@H]5O)[C@@H](O[C@@H]1OC[C@@H](O)[C@H](O)[C@H]1O)[C@H]4O)[C@]3(C)CO. The normalized spacial score (nSPS) is 47.7. The maximum atomic E-state index is 15.8. The van der Waals surface area contributed by atoms with Gasteiger partial charge in [0, 0.05) is 11.8 Å². The number of carbonyl (C=O) groups is 4. The van der Waals surface area contributed by atoms with Gasteiger partial charge in [0.25, 0.3) is 0 Å². The molecule has 11 bridgehead atoms. The third-order valence-electron chi connectivity index (χ3n) is 27.7. The van der Waals surface area contributed by atoms with E-state index in [1.807, 2.05) is 6.92 Å². The standard InChI is InChI=1S/C79H128O30/c1-10-11-12-13-14-15-16-17-18-19-20-21-22-23-51(84)97-38-48-56(89)58(91)65-71(103-48)108-66-44(81)33-75(6)49(76(66,7)40-80)26-27-78(9)50(75)25-24-42-43-32-73(3,4)28-30-79(43,31-29-77(42,78)8)72(95)109-70-64(55(88)46(83)37-99-70)107-69-61(94)63(105-67-59(92)54(87)45(82)36-98-67)62(41(2)101-69)104-53(86)35-74(5,96)34-52(85)102-47-39-100-68(106-65)60(93)57(47)90/h24,41,43-50,54-71,80-83,87-94,96H,10-23,25-40H2,1-9H3/t41-,43-,44-,45+,46-,47-,48+,49+,50+,54-,55-,56+,57-,58-,59+,60+,61+,62-,63-,64+,65+,66-,67-,68-,69-,70-,71-,74-,75-,76-,77+,78+,79-/m0/s1. The van der Waals surface area contributed by atoms with Gasteiger partial charge in [-0.2, -0.15) is 0 Å². The van der Waals surface area contributed by atoms with Gasteiger partial charge in [-0.1, -0.05) is 137 Å². The molecule has 0 amide bonds. The highest BCUT2D eigenvalue weighted by Crippen LogP contribution is 2.76. The maximum absolute atomic E-state index is 15.8. The first-order valence-electron chi connectivity index (χ1n) is 40.5. The van der Waals surface area contributed by atoms with Crippen LogP contribution in [0, 0.1) is 50.2 Å². The second kappa shape index (κ2) is 35.3. The second-order valence-electron chi connectivity index (χ2n) is 36.0. The molecule has 30 heteroatoms. The zero-order valence-electron chi connectivity index (χ0n) is 65.1. The number of carbonyl (C=O) groups excluding carboxylic acids is 4. The number of fused-ring (bicyclic) bond motifs is 1. The quantitative estimate of drug-likeness (QED) is 0.0290. The number of aliphatic hydroxyl groups excluding tert-OH is 12. The van der Waals surface area contributed by atoms with E-state index in [4.69, 9.17) is 61.6 Å². The van der Waals surface area contributed by atoms with Crippen molar-refractivity contribution in [3.63, 3.8) is 0 Å². The first-order chi connectivity index (χ1) is 51.5. The molecular weight excluding hydrogens is 1430 g/mol. The summed E-state index contributed by atoms with van der Waals surface area (Å²) in [7, 11) is 0. The molecule has 16 fully saturated rings. The Kier molecular flexibility index (Phi) is 28.0. The number of aliphatic hydroxyl groups is 13. The fourth-order valence-corrected chi connectivity index (χ4v) is 21.1. The number of unbranched alkanes of at least 4 members (excludes halogenated alkanes) is 12. The van der Waals surface area contributed by atoms with Crippen molar-refractivity contribution < 1.29 is 147 Å². The van der Waals surface area contributed by atoms with Crippen molar-refractivity contribution >= 4 is 23.9 Å². The molecule has 0 radical (unpaired) electrons. The van der Waals surface area contributed by atoms with E-state index in [-0.39, 0.29) is 36.0 Å². The monoisotopic (exact) mass is 1560 g/mol. The number of esters is 4. The van der Waals surface area contributed by atoms with Gasteiger partial charge >= 0.3 is 23.9 Å². The lowest BCUT2D eigenvalue weighted by Crippen LogP contribution is -2.70. The van der Waals surface area contributed by atoms with Crippen molar-refractivity contribution in [1.29, 1.82) is 0 Å². The van der Waals surface area contributed by atoms with E-state index >= 15 is 4.79 Å². The highest BCUT2D eigenvalue weighted by Gasteiger charge is 2.72. The van der Waals surface area contributed by atoms with E-state index in [2.05, 4.69) is 47.6 Å². The summed E-state index contributed by atoms with van der Waals surface area (Å²) in [6.07, 6.45) is -22.9. The summed E-state index contributed by atoms with van der Waals surface area (Å²) < 4.78 is 79.4. The van der Waals surface area contributed by atoms with Crippen LogP contribution in [-0.4, -0.2) is 276 Å². The Morgan fingerprint density at radius 3 is 1.83 bits per heavy atom. The fraction of sp³-hybridized carbons (Fsp3) is 0.924. The van der Waals surface area contributed by atoms with Crippen LogP contribution in [0.1, 0.15) is 223 Å². The van der Waals surface area contributed by atoms with Gasteiger partial charge in [0.2, 0.25) is 6.29 Å². The zero-order valence-corrected chi connectivity index (χ0v) is 65.1. The summed E-state index contributed by atoms with van der Waals surface area (Å²) in [6, 6.07) is 0. The molecule has 33 atom stereocenters. The van der Waals surface area contributed by atoms with E-state index in [0.717, 1.165) is 38.2 Å². The van der Waals surface area contributed by atoms with Gasteiger partial charge in [0.1, 0.15) is 86.0 Å². The number of hydrogen-bond acceptors (Lipinski definition) is 30. The van der Waals surface area contributed by atoms with Crippen LogP contribution in [0.5, 0.6) is 0 Å². The number of rotatable bonds is 19. The van der Waals surface area contributed by atoms with Gasteiger partial charge < -0.3 is 128 Å². The maximum Gasteiger partial charge on any atom is 0.315 e. The molecule has 0 aromatic heterocycles. The molecule has 5 aliphatic carbocycles. The minimum absolute atomic E-state index is 0.0879. The summed E-state index contributed by atoms with van der Waals surface area (Å²) in [5.41, 5.74) is -5.66. The van der Waals surface area contributed by atoms with Crippen molar-refractivity contribution in [2.75, 3.05) is 33.0 Å². The summed E-state index contributed by atoms with van der Waals surface area (Å²) in [6.45, 7) is 14.7. The van der Waals surface area contributed by atoms with E-state index in [9.17, 15) is 80.8 Å². The van der Waals surface area contributed by atoms with E-state index in [1.54, 1.807) is 0 Å². The van der Waals surface area contributed by atoms with Crippen LogP contribution in [0.3, 0.4) is 0 Å². The van der Waals surface area contributed by atoms with Gasteiger partial charge in [0.15, 0.2) is 43.5 Å². The Morgan fingerprint density at radius 1 is 0.550 bits per heavy atom. The van der Waals surface area contributed by atoms with E-state index < -0.39 is 250 Å². The van der Waals surface area contributed by atoms with Crippen molar-refractivity contribution in [3.8, 4) is 0 Å². The molecule has 30 nitrogen and oxygen atoms in total. The van der Waals surface area contributed by atoms with Gasteiger partial charge in [-0.25, -0.2) is 0 Å². The molecular formula is C79H128O30. The van der Waals surface area contributed by atoms with Gasteiger partial charge in [-0.3, -0.25) is 19.2 Å². The van der Waals surface area contributed by atoms with Crippen LogP contribution in [0.25, 0.3) is 0 Å². The Hall–Kier alpha value is -3.26. The smallest absolute Gasteiger partial charge is 0.315 e. The summed E-state index contributed by atoms with van der Waals surface area (Å²) >= 11 is 0. The van der Waals surface area contributed by atoms with E-state index in [1.165, 1.54) is 58.3 Å². The Labute approximate surface area is 639 Å². The number of ether oxygens (including phenoxy) is 13. The van der Waals surface area contributed by atoms with Crippen LogP contribution in [0.2, 0.25) is 0 Å². The molecule has 12 saturated heterocycles. The Morgan fingerprint density at radius 2 is 1.16 bits per heavy atom. The van der Waals surface area contributed by atoms with Gasteiger partial charge in [-0.15, -0.1) is 0 Å². The highest BCUT2D eigenvalue weighted by molar-refractivity contribution is 5.79. The average Bonchev–Trinajstić information content (AvgIpc) is 0.672. The lowest BCUT2D eigenvalue weighted by molar-refractivity contribution is -0.377. The van der Waals surface area contributed by atoms with Crippen molar-refractivity contribution in [1.82, 2.24) is 0 Å². The van der Waals surface area contributed by atoms with Crippen LogP contribution in [0.15, 0.2) is 11.6 Å². The highest BCUT2D eigenvalue weighted by atomic mass is 16.8. The fourth-order valence-electron chi connectivity index (χ4n) is 21.1. The summed E-state index contributed by atoms with van der Waals surface area (Å²) in [5, 5.41) is 152. The molecule has 12 heterocycles. The molecule has 109 heavy (non-hydrogen) atoms. The van der Waals surface area contributed by atoms with Crippen molar-refractivity contribution in [3.05, 3.63) is 11.6 Å². The molecule has 0 unspecified atom stereocenters. The lowest BCUT2D eigenvalue weighted by Gasteiger charge is -2.72. The molecule has 0 aromatic carbocycles. The Bertz CT molecular complexity index is 3080.